The number of hydrogen-bond donors (Lipinski definition) is 2. The number of para-hydroxylation sites is 2. The highest BCUT2D eigenvalue weighted by atomic mass is 32.1. The molecule has 0 saturated heterocycles. The van der Waals surface area contributed by atoms with Gasteiger partial charge in [-0.05, 0) is 30.0 Å². The van der Waals surface area contributed by atoms with Gasteiger partial charge in [0, 0.05) is 37.0 Å². The molecule has 0 saturated carbocycles. The molecular weight excluding hydrogens is 342 g/mol. The smallest absolute Gasteiger partial charge is 0.191 e. The van der Waals surface area contributed by atoms with E-state index in [0.717, 1.165) is 37.5 Å². The van der Waals surface area contributed by atoms with Gasteiger partial charge >= 0.3 is 0 Å². The summed E-state index contributed by atoms with van der Waals surface area (Å²) in [5.41, 5.74) is 2.32. The second kappa shape index (κ2) is 8.36. The summed E-state index contributed by atoms with van der Waals surface area (Å²) in [6.45, 7) is 7.16. The van der Waals surface area contributed by atoms with Crippen LogP contribution in [0.25, 0.3) is 11.0 Å². The van der Waals surface area contributed by atoms with Gasteiger partial charge in [-0.25, -0.2) is 4.98 Å². The topological polar surface area (TPSA) is 54.2 Å². The van der Waals surface area contributed by atoms with E-state index in [1.54, 1.807) is 11.3 Å². The second-order valence-corrected chi connectivity index (χ2v) is 7.94. The monoisotopic (exact) mass is 369 g/mol. The first kappa shape index (κ1) is 18.5. The first-order chi connectivity index (χ1) is 12.6. The van der Waals surface area contributed by atoms with Crippen LogP contribution in [0.5, 0.6) is 0 Å². The normalized spacial score (nSPS) is 12.5. The summed E-state index contributed by atoms with van der Waals surface area (Å²) in [6, 6.07) is 12.5. The number of aliphatic imine (C=N–C) groups is 1. The van der Waals surface area contributed by atoms with Crippen molar-refractivity contribution in [1.29, 1.82) is 0 Å². The number of thiophene rings is 1. The molecule has 0 aliphatic carbocycles. The predicted molar refractivity (Wildman–Crippen MR) is 111 cm³/mol. The van der Waals surface area contributed by atoms with Crippen molar-refractivity contribution < 1.29 is 0 Å². The highest BCUT2D eigenvalue weighted by Gasteiger charge is 2.21. The lowest BCUT2D eigenvalue weighted by atomic mass is 9.91. The fraction of sp³-hybridized carbons (Fsp3) is 0.400. The molecule has 6 heteroatoms. The van der Waals surface area contributed by atoms with Crippen LogP contribution >= 0.6 is 11.3 Å². The van der Waals surface area contributed by atoms with Gasteiger partial charge in [0.05, 0.1) is 17.4 Å². The van der Waals surface area contributed by atoms with Gasteiger partial charge in [0.1, 0.15) is 0 Å². The number of benzene rings is 1. The van der Waals surface area contributed by atoms with Gasteiger partial charge in [-0.2, -0.15) is 0 Å². The zero-order valence-corrected chi connectivity index (χ0v) is 16.5. The highest BCUT2D eigenvalue weighted by Crippen LogP contribution is 2.26. The van der Waals surface area contributed by atoms with Gasteiger partial charge in [0.25, 0.3) is 0 Å². The number of aryl methyl sites for hydroxylation is 1. The van der Waals surface area contributed by atoms with Crippen LogP contribution < -0.4 is 10.6 Å². The van der Waals surface area contributed by atoms with Gasteiger partial charge < -0.3 is 15.2 Å². The fourth-order valence-electron chi connectivity index (χ4n) is 2.92. The maximum absolute atomic E-state index is 4.44. The third kappa shape index (κ3) is 4.43. The van der Waals surface area contributed by atoms with Crippen LogP contribution in [0.1, 0.15) is 25.1 Å². The van der Waals surface area contributed by atoms with Crippen molar-refractivity contribution in [2.75, 3.05) is 20.1 Å². The maximum atomic E-state index is 4.44. The molecule has 0 radical (unpaired) electrons. The molecule has 1 aromatic carbocycles. The number of nitrogens with one attached hydrogen (secondary N) is 2. The summed E-state index contributed by atoms with van der Waals surface area (Å²) in [6.07, 6.45) is 2.93. The van der Waals surface area contributed by atoms with Crippen molar-refractivity contribution in [3.8, 4) is 0 Å². The summed E-state index contributed by atoms with van der Waals surface area (Å²) in [5.74, 6) is 0.852. The molecule has 5 nitrogen and oxygen atoms in total. The van der Waals surface area contributed by atoms with Crippen molar-refractivity contribution in [2.24, 2.45) is 4.99 Å². The molecule has 0 unspecified atom stereocenters. The highest BCUT2D eigenvalue weighted by molar-refractivity contribution is 7.10. The molecule has 26 heavy (non-hydrogen) atoms. The molecule has 3 rings (SSSR count). The molecule has 0 spiro atoms. The molecular formula is C20H27N5S. The third-order valence-electron chi connectivity index (χ3n) is 4.51. The van der Waals surface area contributed by atoms with Crippen LogP contribution in [-0.2, 0) is 12.0 Å². The van der Waals surface area contributed by atoms with Gasteiger partial charge in [-0.1, -0.05) is 32.0 Å². The Morgan fingerprint density at radius 3 is 2.81 bits per heavy atom. The molecule has 0 bridgehead atoms. The Labute approximate surface area is 159 Å². The van der Waals surface area contributed by atoms with E-state index < -0.39 is 0 Å². The second-order valence-electron chi connectivity index (χ2n) is 6.99. The van der Waals surface area contributed by atoms with Crippen molar-refractivity contribution in [3.63, 3.8) is 0 Å². The molecule has 0 fully saturated rings. The van der Waals surface area contributed by atoms with E-state index in [1.165, 1.54) is 10.4 Å². The summed E-state index contributed by atoms with van der Waals surface area (Å²) in [4.78, 5) is 10.2. The maximum Gasteiger partial charge on any atom is 0.191 e. The first-order valence-corrected chi connectivity index (χ1v) is 9.86. The Morgan fingerprint density at radius 2 is 2.04 bits per heavy atom. The van der Waals surface area contributed by atoms with Crippen LogP contribution in [0.2, 0.25) is 0 Å². The zero-order chi connectivity index (χ0) is 18.4. The quantitative estimate of drug-likeness (QED) is 0.380. The summed E-state index contributed by atoms with van der Waals surface area (Å²) >= 11 is 1.80. The number of aromatic nitrogens is 2. The molecule has 0 aliphatic heterocycles. The molecule has 3 aromatic rings. The third-order valence-corrected chi connectivity index (χ3v) is 5.74. The Kier molecular flexibility index (Phi) is 5.93. The lowest BCUT2D eigenvalue weighted by Gasteiger charge is -2.25. The van der Waals surface area contributed by atoms with Crippen molar-refractivity contribution >= 4 is 28.3 Å². The Bertz CT molecular complexity index is 848. The Morgan fingerprint density at radius 1 is 1.19 bits per heavy atom. The summed E-state index contributed by atoms with van der Waals surface area (Å²) in [7, 11) is 1.82. The molecule has 2 N–H and O–H groups in total. The Balaban J connectivity index is 1.44. The van der Waals surface area contributed by atoms with Crippen LogP contribution in [0.4, 0.5) is 0 Å². The standard InChI is InChI=1S/C20H27N5S/c1-20(2,18-10-6-13-26-18)14-23-19(21-3)22-11-7-12-25-15-24-16-8-4-5-9-17(16)25/h4-6,8-10,13,15H,7,11-12,14H2,1-3H3,(H2,21,22,23). The van der Waals surface area contributed by atoms with Crippen molar-refractivity contribution in [3.05, 3.63) is 53.0 Å². The zero-order valence-electron chi connectivity index (χ0n) is 15.7. The molecule has 0 amide bonds. The van der Waals surface area contributed by atoms with E-state index in [2.05, 4.69) is 68.7 Å². The number of rotatable bonds is 7. The number of nitrogens with zero attached hydrogens (tertiary/aromatic N) is 3. The van der Waals surface area contributed by atoms with Crippen molar-refractivity contribution in [1.82, 2.24) is 20.2 Å². The minimum atomic E-state index is 0.0848. The summed E-state index contributed by atoms with van der Waals surface area (Å²) in [5, 5.41) is 8.98. The SMILES string of the molecule is CN=C(NCCCn1cnc2ccccc21)NCC(C)(C)c1cccs1. The molecule has 138 valence electrons. The number of guanidine groups is 1. The summed E-state index contributed by atoms with van der Waals surface area (Å²) < 4.78 is 2.20. The van der Waals surface area contributed by atoms with Crippen LogP contribution in [0.15, 0.2) is 53.1 Å². The lowest BCUT2D eigenvalue weighted by Crippen LogP contribution is -2.43. The van der Waals surface area contributed by atoms with E-state index in [0.29, 0.717) is 0 Å². The van der Waals surface area contributed by atoms with Crippen LogP contribution in [0.3, 0.4) is 0 Å². The number of imidazole rings is 1. The van der Waals surface area contributed by atoms with Gasteiger partial charge in [-0.15, -0.1) is 11.3 Å². The average molecular weight is 370 g/mol. The average Bonchev–Trinajstić information content (AvgIpc) is 3.32. The first-order valence-electron chi connectivity index (χ1n) is 8.98. The number of hydrogen-bond acceptors (Lipinski definition) is 3. The molecule has 2 heterocycles. The van der Waals surface area contributed by atoms with E-state index in [-0.39, 0.29) is 5.41 Å². The van der Waals surface area contributed by atoms with Gasteiger partial charge in [0.2, 0.25) is 0 Å². The minimum absolute atomic E-state index is 0.0848. The van der Waals surface area contributed by atoms with E-state index in [9.17, 15) is 0 Å². The van der Waals surface area contributed by atoms with Gasteiger partial charge in [0.15, 0.2) is 5.96 Å². The molecule has 0 atom stereocenters. The van der Waals surface area contributed by atoms with E-state index in [4.69, 9.17) is 0 Å². The van der Waals surface area contributed by atoms with Crippen LogP contribution in [-0.4, -0.2) is 35.6 Å². The van der Waals surface area contributed by atoms with Crippen molar-refractivity contribution in [2.45, 2.75) is 32.2 Å². The fourth-order valence-corrected chi connectivity index (χ4v) is 3.77. The minimum Gasteiger partial charge on any atom is -0.356 e. The molecule has 2 aromatic heterocycles. The Hall–Kier alpha value is -2.34. The largest absolute Gasteiger partial charge is 0.356 e. The lowest BCUT2D eigenvalue weighted by molar-refractivity contribution is 0.517. The van der Waals surface area contributed by atoms with Crippen LogP contribution in [0, 0.1) is 0 Å². The van der Waals surface area contributed by atoms with E-state index >= 15 is 0 Å². The van der Waals surface area contributed by atoms with Gasteiger partial charge in [-0.3, -0.25) is 4.99 Å². The predicted octanol–water partition coefficient (Wildman–Crippen LogP) is 3.63. The van der Waals surface area contributed by atoms with E-state index in [1.807, 2.05) is 25.5 Å². The molecule has 0 aliphatic rings. The number of fused-ring (bicyclic) bond motifs is 1.